The molecule has 0 aliphatic rings. The Morgan fingerprint density at radius 1 is 1.00 bits per heavy atom. The Morgan fingerprint density at radius 3 is 2.27 bits per heavy atom. The van der Waals surface area contributed by atoms with E-state index in [4.69, 9.17) is 27.9 Å². The van der Waals surface area contributed by atoms with Crippen molar-refractivity contribution in [2.24, 2.45) is 0 Å². The van der Waals surface area contributed by atoms with Crippen molar-refractivity contribution in [3.8, 4) is 5.75 Å². The summed E-state index contributed by atoms with van der Waals surface area (Å²) in [6.07, 6.45) is 0.127. The number of halogens is 3. The highest BCUT2D eigenvalue weighted by atomic mass is 35.5. The van der Waals surface area contributed by atoms with Crippen molar-refractivity contribution >= 4 is 35.0 Å². The first-order valence-corrected chi connectivity index (χ1v) is 8.49. The second-order valence-corrected chi connectivity index (χ2v) is 6.16. The third-order valence-corrected chi connectivity index (χ3v) is 4.11. The minimum absolute atomic E-state index is 0.127. The van der Waals surface area contributed by atoms with E-state index in [0.29, 0.717) is 5.56 Å². The Hall–Kier alpha value is -2.31. The lowest BCUT2D eigenvalue weighted by atomic mass is 10.1. The van der Waals surface area contributed by atoms with Gasteiger partial charge in [0.2, 0.25) is 5.91 Å². The number of ether oxygens (including phenoxy) is 1. The third-order valence-electron chi connectivity index (χ3n) is 3.50. The fourth-order valence-corrected chi connectivity index (χ4v) is 2.73. The van der Waals surface area contributed by atoms with Crippen LogP contribution < -0.4 is 15.4 Å². The lowest BCUT2D eigenvalue weighted by Gasteiger charge is -2.12. The smallest absolute Gasteiger partial charge is 0.256 e. The molecule has 0 spiro atoms. The molecule has 2 aromatic rings. The first-order valence-electron chi connectivity index (χ1n) is 7.73. The van der Waals surface area contributed by atoms with Crippen molar-refractivity contribution < 1.29 is 18.7 Å². The van der Waals surface area contributed by atoms with Gasteiger partial charge < -0.3 is 15.4 Å². The van der Waals surface area contributed by atoms with Crippen LogP contribution in [0.1, 0.15) is 15.9 Å². The van der Waals surface area contributed by atoms with E-state index in [2.05, 4.69) is 10.6 Å². The number of amides is 2. The van der Waals surface area contributed by atoms with Crippen LogP contribution in [0.5, 0.6) is 5.75 Å². The predicted octanol–water partition coefficient (Wildman–Crippen LogP) is 3.23. The Balaban J connectivity index is 1.83. The lowest BCUT2D eigenvalue weighted by Crippen LogP contribution is -2.35. The van der Waals surface area contributed by atoms with Gasteiger partial charge >= 0.3 is 0 Å². The molecule has 138 valence electrons. The maximum Gasteiger partial charge on any atom is 0.256 e. The fraction of sp³-hybridized carbons (Fsp3) is 0.222. The van der Waals surface area contributed by atoms with Crippen LogP contribution in [0.2, 0.25) is 10.0 Å². The second-order valence-electron chi connectivity index (χ2n) is 5.35. The first kappa shape index (κ1) is 20.0. The fourth-order valence-electron chi connectivity index (χ4n) is 2.26. The highest BCUT2D eigenvalue weighted by Gasteiger charge is 2.19. The summed E-state index contributed by atoms with van der Waals surface area (Å²) in [6.45, 7) is 0.423. The van der Waals surface area contributed by atoms with Crippen LogP contribution >= 0.6 is 23.2 Å². The zero-order valence-electron chi connectivity index (χ0n) is 13.9. The van der Waals surface area contributed by atoms with Gasteiger partial charge in [-0.3, -0.25) is 9.59 Å². The van der Waals surface area contributed by atoms with Crippen LogP contribution in [-0.2, 0) is 11.2 Å². The molecule has 0 bridgehead atoms. The number of carbonyl (C=O) groups is 2. The molecule has 0 saturated heterocycles. The molecule has 8 heteroatoms. The average molecular weight is 399 g/mol. The molecule has 0 aromatic heterocycles. The summed E-state index contributed by atoms with van der Waals surface area (Å²) < 4.78 is 18.0. The number of rotatable bonds is 7. The number of nitrogens with one attached hydrogen (secondary N) is 2. The highest BCUT2D eigenvalue weighted by Crippen LogP contribution is 2.33. The van der Waals surface area contributed by atoms with Crippen molar-refractivity contribution in [3.05, 3.63) is 63.4 Å². The van der Waals surface area contributed by atoms with Gasteiger partial charge in [-0.05, 0) is 29.8 Å². The third kappa shape index (κ3) is 5.34. The van der Waals surface area contributed by atoms with Gasteiger partial charge in [0.25, 0.3) is 5.91 Å². The van der Waals surface area contributed by atoms with Gasteiger partial charge in [-0.1, -0.05) is 35.3 Å². The maximum absolute atomic E-state index is 12.8. The van der Waals surface area contributed by atoms with Gasteiger partial charge in [0.05, 0.1) is 23.6 Å². The minimum atomic E-state index is -0.456. The van der Waals surface area contributed by atoms with Crippen molar-refractivity contribution in [2.75, 3.05) is 20.2 Å². The highest BCUT2D eigenvalue weighted by molar-refractivity contribution is 6.37. The zero-order chi connectivity index (χ0) is 19.1. The van der Waals surface area contributed by atoms with E-state index in [1.807, 2.05) is 0 Å². The topological polar surface area (TPSA) is 67.4 Å². The van der Waals surface area contributed by atoms with Gasteiger partial charge in [-0.25, -0.2) is 4.39 Å². The Kier molecular flexibility index (Phi) is 7.24. The number of benzene rings is 2. The van der Waals surface area contributed by atoms with Gasteiger partial charge in [-0.2, -0.15) is 0 Å². The molecule has 0 aliphatic carbocycles. The molecule has 0 saturated carbocycles. The quantitative estimate of drug-likeness (QED) is 0.703. The molecule has 2 aromatic carbocycles. The van der Waals surface area contributed by atoms with Gasteiger partial charge in [0.15, 0.2) is 5.75 Å². The Labute approximate surface area is 160 Å². The molecule has 2 amide bonds. The molecule has 0 fully saturated rings. The molecule has 0 heterocycles. The summed E-state index contributed by atoms with van der Waals surface area (Å²) in [5, 5.41) is 5.80. The van der Waals surface area contributed by atoms with E-state index >= 15 is 0 Å². The van der Waals surface area contributed by atoms with Crippen LogP contribution in [0.3, 0.4) is 0 Å². The first-order chi connectivity index (χ1) is 12.4. The maximum atomic E-state index is 12.8. The van der Waals surface area contributed by atoms with Crippen LogP contribution in [-0.4, -0.2) is 32.0 Å². The molecule has 0 atom stereocenters. The summed E-state index contributed by atoms with van der Waals surface area (Å²) in [5.74, 6) is -0.852. The molecule has 2 N–H and O–H groups in total. The van der Waals surface area contributed by atoms with Gasteiger partial charge in [0.1, 0.15) is 11.4 Å². The molecule has 0 radical (unpaired) electrons. The van der Waals surface area contributed by atoms with Gasteiger partial charge in [-0.15, -0.1) is 0 Å². The van der Waals surface area contributed by atoms with Crippen LogP contribution in [0.4, 0.5) is 4.39 Å². The number of carbonyl (C=O) groups excluding carboxylic acids is 2. The molecule has 5 nitrogen and oxygen atoms in total. The summed E-state index contributed by atoms with van der Waals surface area (Å²) in [4.78, 5) is 24.1. The normalized spacial score (nSPS) is 10.3. The molecule has 2 rings (SSSR count). The number of hydrogen-bond donors (Lipinski definition) is 2. The van der Waals surface area contributed by atoms with Crippen molar-refractivity contribution in [1.82, 2.24) is 10.6 Å². The summed E-state index contributed by atoms with van der Waals surface area (Å²) >= 11 is 12.0. The predicted molar refractivity (Wildman–Crippen MR) is 98.5 cm³/mol. The molecule has 0 unspecified atom stereocenters. The van der Waals surface area contributed by atoms with Crippen LogP contribution in [0.15, 0.2) is 36.4 Å². The second kappa shape index (κ2) is 9.40. The van der Waals surface area contributed by atoms with E-state index < -0.39 is 5.91 Å². The number of methoxy groups -OCH3 is 1. The molecular weight excluding hydrogens is 382 g/mol. The minimum Gasteiger partial charge on any atom is -0.494 e. The SMILES string of the molecule is COc1c(Cl)ccc(Cl)c1C(=O)NCCNC(=O)Cc1ccc(F)cc1. The average Bonchev–Trinajstić information content (AvgIpc) is 2.62. The largest absolute Gasteiger partial charge is 0.494 e. The van der Waals surface area contributed by atoms with Crippen molar-refractivity contribution in [3.63, 3.8) is 0 Å². The molecule has 26 heavy (non-hydrogen) atoms. The van der Waals surface area contributed by atoms with E-state index in [-0.39, 0.29) is 52.6 Å². The standard InChI is InChI=1S/C18H17Cl2FN2O3/c1-26-17-14(20)7-6-13(19)16(17)18(25)23-9-8-22-15(24)10-11-2-4-12(21)5-3-11/h2-7H,8-10H2,1H3,(H,22,24)(H,23,25). The summed E-state index contributed by atoms with van der Waals surface area (Å²) in [5.41, 5.74) is 0.836. The van der Waals surface area contributed by atoms with Crippen LogP contribution in [0, 0.1) is 5.82 Å². The van der Waals surface area contributed by atoms with Crippen molar-refractivity contribution in [2.45, 2.75) is 6.42 Å². The summed E-state index contributed by atoms with van der Waals surface area (Å²) in [6, 6.07) is 8.73. The van der Waals surface area contributed by atoms with Crippen molar-refractivity contribution in [1.29, 1.82) is 0 Å². The summed E-state index contributed by atoms with van der Waals surface area (Å²) in [7, 11) is 1.39. The lowest BCUT2D eigenvalue weighted by molar-refractivity contribution is -0.120. The Morgan fingerprint density at radius 2 is 1.62 bits per heavy atom. The Bertz CT molecular complexity index is 798. The van der Waals surface area contributed by atoms with Gasteiger partial charge in [0, 0.05) is 13.1 Å². The number of hydrogen-bond acceptors (Lipinski definition) is 3. The van der Waals surface area contributed by atoms with E-state index in [1.165, 1.54) is 31.4 Å². The molecular formula is C18H17Cl2FN2O3. The van der Waals surface area contributed by atoms with E-state index in [1.54, 1.807) is 12.1 Å². The van der Waals surface area contributed by atoms with E-state index in [9.17, 15) is 14.0 Å². The van der Waals surface area contributed by atoms with E-state index in [0.717, 1.165) is 0 Å². The molecule has 0 aliphatic heterocycles. The van der Waals surface area contributed by atoms with Crippen LogP contribution in [0.25, 0.3) is 0 Å². The zero-order valence-corrected chi connectivity index (χ0v) is 15.5. The monoisotopic (exact) mass is 398 g/mol.